The number of benzene rings is 2. The first-order valence-corrected chi connectivity index (χ1v) is 10.1. The second kappa shape index (κ2) is 9.80. The van der Waals surface area contributed by atoms with Crippen molar-refractivity contribution in [2.24, 2.45) is 4.99 Å². The van der Waals surface area contributed by atoms with Crippen molar-refractivity contribution in [2.75, 3.05) is 13.2 Å². The summed E-state index contributed by atoms with van der Waals surface area (Å²) in [5.41, 5.74) is 2.83. The molecular weight excluding hydrogens is 386 g/mol. The number of carbonyl (C=O) groups is 1. The average Bonchev–Trinajstić information content (AvgIpc) is 3.07. The van der Waals surface area contributed by atoms with Gasteiger partial charge in [0.05, 0.1) is 17.2 Å². The van der Waals surface area contributed by atoms with Crippen molar-refractivity contribution in [3.05, 3.63) is 58.5 Å². The number of rotatable bonds is 7. The molecule has 148 valence electrons. The van der Waals surface area contributed by atoms with Gasteiger partial charge in [0.25, 0.3) is 5.91 Å². The molecule has 0 spiro atoms. The van der Waals surface area contributed by atoms with Crippen molar-refractivity contribution in [2.45, 2.75) is 20.3 Å². The van der Waals surface area contributed by atoms with Crippen LogP contribution in [0.25, 0.3) is 6.08 Å². The second-order valence-corrected chi connectivity index (χ2v) is 7.12. The number of aliphatic imine (C=N–C) groups is 1. The molecule has 0 saturated carbocycles. The Kier molecular flexibility index (Phi) is 6.93. The molecule has 29 heavy (non-hydrogen) atoms. The first-order valence-electron chi connectivity index (χ1n) is 9.28. The number of nitriles is 1. The van der Waals surface area contributed by atoms with E-state index in [4.69, 9.17) is 14.7 Å². The average molecular weight is 407 g/mol. The van der Waals surface area contributed by atoms with E-state index in [1.807, 2.05) is 43.3 Å². The number of hydrogen-bond donors (Lipinski definition) is 1. The minimum Gasteiger partial charge on any atom is -0.490 e. The summed E-state index contributed by atoms with van der Waals surface area (Å²) in [6.45, 7) is 4.38. The normalized spacial score (nSPS) is 16.0. The van der Waals surface area contributed by atoms with E-state index in [0.717, 1.165) is 17.7 Å². The summed E-state index contributed by atoms with van der Waals surface area (Å²) in [5.74, 6) is 0.837. The quantitative estimate of drug-likeness (QED) is 0.686. The van der Waals surface area contributed by atoms with Crippen LogP contribution in [0.3, 0.4) is 0 Å². The lowest BCUT2D eigenvalue weighted by molar-refractivity contribution is -0.115. The highest BCUT2D eigenvalue weighted by atomic mass is 32.2. The molecular formula is C22H21N3O3S. The summed E-state index contributed by atoms with van der Waals surface area (Å²) >= 11 is 1.29. The molecule has 0 atom stereocenters. The van der Waals surface area contributed by atoms with E-state index in [9.17, 15) is 4.79 Å². The Morgan fingerprint density at radius 3 is 2.62 bits per heavy atom. The molecule has 1 aliphatic heterocycles. The van der Waals surface area contributed by atoms with Gasteiger partial charge in [-0.25, -0.2) is 4.99 Å². The van der Waals surface area contributed by atoms with E-state index in [0.29, 0.717) is 28.2 Å². The maximum atomic E-state index is 12.3. The van der Waals surface area contributed by atoms with Gasteiger partial charge in [0.15, 0.2) is 23.3 Å². The Bertz CT molecular complexity index is 991. The number of ether oxygens (including phenoxy) is 2. The van der Waals surface area contributed by atoms with Crippen LogP contribution in [-0.4, -0.2) is 24.3 Å². The van der Waals surface area contributed by atoms with Gasteiger partial charge in [-0.15, -0.1) is 0 Å². The number of nitrogens with one attached hydrogen (secondary N) is 1. The molecule has 1 fully saturated rings. The Morgan fingerprint density at radius 1 is 1.14 bits per heavy atom. The topological polar surface area (TPSA) is 83.7 Å². The van der Waals surface area contributed by atoms with E-state index >= 15 is 0 Å². The van der Waals surface area contributed by atoms with Crippen molar-refractivity contribution in [3.63, 3.8) is 0 Å². The molecule has 0 aliphatic carbocycles. The highest BCUT2D eigenvalue weighted by Gasteiger charge is 2.24. The molecule has 7 heteroatoms. The van der Waals surface area contributed by atoms with Crippen molar-refractivity contribution < 1.29 is 14.3 Å². The maximum absolute atomic E-state index is 12.3. The molecule has 1 heterocycles. The van der Waals surface area contributed by atoms with Crippen molar-refractivity contribution in [3.8, 4) is 17.6 Å². The monoisotopic (exact) mass is 407 g/mol. The fraction of sp³-hybridized carbons (Fsp3) is 0.227. The van der Waals surface area contributed by atoms with Crippen LogP contribution >= 0.6 is 11.8 Å². The lowest BCUT2D eigenvalue weighted by Gasteiger charge is -2.10. The third-order valence-corrected chi connectivity index (χ3v) is 4.99. The van der Waals surface area contributed by atoms with Gasteiger partial charge in [-0.3, -0.25) is 4.79 Å². The first-order chi connectivity index (χ1) is 14.1. The summed E-state index contributed by atoms with van der Waals surface area (Å²) in [5, 5.41) is 12.0. The largest absolute Gasteiger partial charge is 0.490 e. The summed E-state index contributed by atoms with van der Waals surface area (Å²) in [4.78, 5) is 17.4. The maximum Gasteiger partial charge on any atom is 0.264 e. The van der Waals surface area contributed by atoms with E-state index < -0.39 is 0 Å². The van der Waals surface area contributed by atoms with E-state index in [1.54, 1.807) is 18.2 Å². The number of aryl methyl sites for hydroxylation is 1. The molecule has 1 saturated heterocycles. The van der Waals surface area contributed by atoms with Gasteiger partial charge in [0.1, 0.15) is 6.07 Å². The van der Waals surface area contributed by atoms with Gasteiger partial charge in [0.2, 0.25) is 0 Å². The molecule has 0 radical (unpaired) electrons. The van der Waals surface area contributed by atoms with Crippen LogP contribution in [0.5, 0.6) is 11.5 Å². The SMILES string of the molecule is CCOc1cc(C=C2SC(=Nc3ccc(CC)cc3)NC2=O)ccc1OCC#N. The van der Waals surface area contributed by atoms with Crippen LogP contribution in [0.4, 0.5) is 5.69 Å². The second-order valence-electron chi connectivity index (χ2n) is 6.09. The zero-order valence-corrected chi connectivity index (χ0v) is 17.1. The van der Waals surface area contributed by atoms with Crippen LogP contribution < -0.4 is 14.8 Å². The molecule has 0 unspecified atom stereocenters. The van der Waals surface area contributed by atoms with E-state index in [-0.39, 0.29) is 12.5 Å². The molecule has 1 aliphatic rings. The summed E-state index contributed by atoms with van der Waals surface area (Å²) in [6, 6.07) is 15.2. The third kappa shape index (κ3) is 5.39. The number of hydrogen-bond acceptors (Lipinski definition) is 6. The van der Waals surface area contributed by atoms with Gasteiger partial charge in [-0.2, -0.15) is 5.26 Å². The number of amides is 1. The fourth-order valence-corrected chi connectivity index (χ4v) is 3.51. The van der Waals surface area contributed by atoms with Gasteiger partial charge in [-0.05, 0) is 66.6 Å². The van der Waals surface area contributed by atoms with Gasteiger partial charge in [0, 0.05) is 0 Å². The molecule has 0 aromatic heterocycles. The molecule has 0 bridgehead atoms. The lowest BCUT2D eigenvalue weighted by atomic mass is 10.2. The van der Waals surface area contributed by atoms with Crippen molar-refractivity contribution >= 4 is 34.6 Å². The van der Waals surface area contributed by atoms with E-state index in [2.05, 4.69) is 17.2 Å². The number of thioether (sulfide) groups is 1. The first kappa shape index (κ1) is 20.5. The summed E-state index contributed by atoms with van der Waals surface area (Å²) in [7, 11) is 0. The zero-order chi connectivity index (χ0) is 20.6. The molecule has 1 amide bonds. The van der Waals surface area contributed by atoms with Crippen molar-refractivity contribution in [1.29, 1.82) is 5.26 Å². The Morgan fingerprint density at radius 2 is 1.93 bits per heavy atom. The predicted molar refractivity (Wildman–Crippen MR) is 115 cm³/mol. The van der Waals surface area contributed by atoms with Crippen LogP contribution in [0.1, 0.15) is 25.0 Å². The highest BCUT2D eigenvalue weighted by molar-refractivity contribution is 8.18. The standard InChI is InChI=1S/C22H21N3O3S/c1-3-15-5-8-17(9-6-15)24-22-25-21(26)20(29-22)14-16-7-10-18(28-12-11-23)19(13-16)27-4-2/h5-10,13-14H,3-4,12H2,1-2H3,(H,24,25,26). The molecule has 1 N–H and O–H groups in total. The molecule has 2 aromatic carbocycles. The third-order valence-electron chi connectivity index (χ3n) is 4.08. The minimum atomic E-state index is -0.193. The number of nitrogens with zero attached hydrogens (tertiary/aromatic N) is 2. The van der Waals surface area contributed by atoms with Crippen LogP contribution in [0.2, 0.25) is 0 Å². The predicted octanol–water partition coefficient (Wildman–Crippen LogP) is 4.44. The number of carbonyl (C=O) groups excluding carboxylic acids is 1. The van der Waals surface area contributed by atoms with Crippen LogP contribution in [0.15, 0.2) is 52.4 Å². The Hall–Kier alpha value is -3.24. The van der Waals surface area contributed by atoms with Crippen LogP contribution in [-0.2, 0) is 11.2 Å². The molecule has 3 rings (SSSR count). The fourth-order valence-electron chi connectivity index (χ4n) is 2.67. The summed E-state index contributed by atoms with van der Waals surface area (Å²) in [6.07, 6.45) is 2.75. The minimum absolute atomic E-state index is 0.0577. The van der Waals surface area contributed by atoms with Gasteiger partial charge >= 0.3 is 0 Å². The Balaban J connectivity index is 1.79. The smallest absolute Gasteiger partial charge is 0.264 e. The lowest BCUT2D eigenvalue weighted by Crippen LogP contribution is -2.19. The van der Waals surface area contributed by atoms with Crippen LogP contribution in [0, 0.1) is 11.3 Å². The van der Waals surface area contributed by atoms with Gasteiger partial charge in [-0.1, -0.05) is 25.1 Å². The highest BCUT2D eigenvalue weighted by Crippen LogP contribution is 2.32. The summed E-state index contributed by atoms with van der Waals surface area (Å²) < 4.78 is 11.0. The molecule has 2 aromatic rings. The van der Waals surface area contributed by atoms with Gasteiger partial charge < -0.3 is 14.8 Å². The van der Waals surface area contributed by atoms with E-state index in [1.165, 1.54) is 17.3 Å². The van der Waals surface area contributed by atoms with Crippen molar-refractivity contribution in [1.82, 2.24) is 5.32 Å². The Labute approximate surface area is 174 Å². The zero-order valence-electron chi connectivity index (χ0n) is 16.3. The molecule has 6 nitrogen and oxygen atoms in total. The number of amidine groups is 1.